The van der Waals surface area contributed by atoms with Crippen LogP contribution in [0.1, 0.15) is 28.3 Å². The minimum absolute atomic E-state index is 0.300. The fourth-order valence-electron chi connectivity index (χ4n) is 2.10. The van der Waals surface area contributed by atoms with Gasteiger partial charge in [0.1, 0.15) is 11.6 Å². The van der Waals surface area contributed by atoms with Crippen LogP contribution in [0.5, 0.6) is 0 Å². The Morgan fingerprint density at radius 2 is 1.74 bits per heavy atom. The molecule has 0 radical (unpaired) electrons. The van der Waals surface area contributed by atoms with Gasteiger partial charge in [-0.3, -0.25) is 5.84 Å². The molecule has 0 saturated carbocycles. The Morgan fingerprint density at radius 3 is 2.32 bits per heavy atom. The first-order chi connectivity index (χ1) is 9.01. The predicted octanol–water partition coefficient (Wildman–Crippen LogP) is 3.13. The van der Waals surface area contributed by atoms with E-state index in [1.165, 1.54) is 18.2 Å². The topological polar surface area (TPSA) is 38.0 Å². The molecule has 19 heavy (non-hydrogen) atoms. The third-order valence-corrected chi connectivity index (χ3v) is 3.09. The molecule has 0 aliphatic rings. The van der Waals surface area contributed by atoms with Crippen molar-refractivity contribution in [2.75, 3.05) is 0 Å². The van der Waals surface area contributed by atoms with Gasteiger partial charge in [0.2, 0.25) is 0 Å². The molecule has 4 heteroatoms. The van der Waals surface area contributed by atoms with Gasteiger partial charge in [-0.25, -0.2) is 14.2 Å². The summed E-state index contributed by atoms with van der Waals surface area (Å²) >= 11 is 0. The normalized spacial score (nSPS) is 12.5. The zero-order chi connectivity index (χ0) is 14.0. The molecule has 3 N–H and O–H groups in total. The van der Waals surface area contributed by atoms with Gasteiger partial charge in [-0.05, 0) is 54.3 Å². The second-order valence-corrected chi connectivity index (χ2v) is 4.67. The molecule has 0 aliphatic carbocycles. The Morgan fingerprint density at radius 1 is 1.00 bits per heavy atom. The molecule has 0 amide bonds. The van der Waals surface area contributed by atoms with E-state index in [0.717, 1.165) is 5.56 Å². The molecule has 100 valence electrons. The van der Waals surface area contributed by atoms with Crippen LogP contribution >= 0.6 is 0 Å². The standard InChI is InChI=1S/C15H16F2N2/c1-9-5-12(7-13(16)6-9)15(19-18)11-4-3-10(2)14(17)8-11/h3-8,15,19H,18H2,1-2H3. The van der Waals surface area contributed by atoms with E-state index in [1.807, 2.05) is 6.07 Å². The van der Waals surface area contributed by atoms with Crippen molar-refractivity contribution in [3.63, 3.8) is 0 Å². The second kappa shape index (κ2) is 5.47. The van der Waals surface area contributed by atoms with Crippen molar-refractivity contribution < 1.29 is 8.78 Å². The SMILES string of the molecule is Cc1cc(F)cc(C(NN)c2ccc(C)c(F)c2)c1. The van der Waals surface area contributed by atoms with Gasteiger partial charge in [0, 0.05) is 0 Å². The van der Waals surface area contributed by atoms with Crippen LogP contribution in [-0.2, 0) is 0 Å². The Balaban J connectivity index is 2.46. The number of nitrogens with two attached hydrogens (primary N) is 1. The third kappa shape index (κ3) is 2.97. The van der Waals surface area contributed by atoms with E-state index < -0.39 is 6.04 Å². The summed E-state index contributed by atoms with van der Waals surface area (Å²) in [6.45, 7) is 3.49. The molecule has 0 bridgehead atoms. The molecule has 0 aromatic heterocycles. The molecule has 1 unspecified atom stereocenters. The van der Waals surface area contributed by atoms with Gasteiger partial charge in [0.15, 0.2) is 0 Å². The average Bonchev–Trinajstić information content (AvgIpc) is 2.33. The highest BCUT2D eigenvalue weighted by Gasteiger charge is 2.15. The number of hydrogen-bond acceptors (Lipinski definition) is 2. The van der Waals surface area contributed by atoms with E-state index in [2.05, 4.69) is 5.43 Å². The lowest BCUT2D eigenvalue weighted by atomic mass is 9.97. The van der Waals surface area contributed by atoms with Crippen LogP contribution in [0.2, 0.25) is 0 Å². The molecule has 0 heterocycles. The summed E-state index contributed by atoms with van der Waals surface area (Å²) in [6.07, 6.45) is 0. The van der Waals surface area contributed by atoms with Gasteiger partial charge in [0.05, 0.1) is 6.04 Å². The number of hydrazine groups is 1. The van der Waals surface area contributed by atoms with Crippen LogP contribution in [-0.4, -0.2) is 0 Å². The minimum atomic E-state index is -0.440. The number of nitrogens with one attached hydrogen (secondary N) is 1. The van der Waals surface area contributed by atoms with Crippen molar-refractivity contribution >= 4 is 0 Å². The number of halogens is 2. The van der Waals surface area contributed by atoms with Gasteiger partial charge < -0.3 is 0 Å². The first-order valence-corrected chi connectivity index (χ1v) is 6.00. The van der Waals surface area contributed by atoms with Gasteiger partial charge in [-0.2, -0.15) is 0 Å². The fourth-order valence-corrected chi connectivity index (χ4v) is 2.10. The summed E-state index contributed by atoms with van der Waals surface area (Å²) in [5.41, 5.74) is 5.29. The quantitative estimate of drug-likeness (QED) is 0.658. The van der Waals surface area contributed by atoms with E-state index in [9.17, 15) is 8.78 Å². The molecule has 1 atom stereocenters. The van der Waals surface area contributed by atoms with Crippen LogP contribution in [0.25, 0.3) is 0 Å². The smallest absolute Gasteiger partial charge is 0.126 e. The van der Waals surface area contributed by atoms with Gasteiger partial charge in [0.25, 0.3) is 0 Å². The summed E-state index contributed by atoms with van der Waals surface area (Å²) in [6, 6.07) is 9.10. The van der Waals surface area contributed by atoms with Crippen molar-refractivity contribution in [2.24, 2.45) is 5.84 Å². The molecule has 2 nitrogen and oxygen atoms in total. The van der Waals surface area contributed by atoms with Crippen molar-refractivity contribution in [1.82, 2.24) is 5.43 Å². The first kappa shape index (κ1) is 13.6. The van der Waals surface area contributed by atoms with Crippen LogP contribution in [0.15, 0.2) is 36.4 Å². The van der Waals surface area contributed by atoms with Crippen LogP contribution in [0, 0.1) is 25.5 Å². The van der Waals surface area contributed by atoms with Crippen LogP contribution in [0.3, 0.4) is 0 Å². The van der Waals surface area contributed by atoms with E-state index in [-0.39, 0.29) is 11.6 Å². The summed E-state index contributed by atoms with van der Waals surface area (Å²) in [5.74, 6) is 4.90. The van der Waals surface area contributed by atoms with E-state index in [4.69, 9.17) is 5.84 Å². The molecular weight excluding hydrogens is 246 g/mol. The maximum Gasteiger partial charge on any atom is 0.126 e. The monoisotopic (exact) mass is 262 g/mol. The Labute approximate surface area is 111 Å². The van der Waals surface area contributed by atoms with E-state index >= 15 is 0 Å². The maximum absolute atomic E-state index is 13.6. The summed E-state index contributed by atoms with van der Waals surface area (Å²) in [7, 11) is 0. The molecule has 2 rings (SSSR count). The predicted molar refractivity (Wildman–Crippen MR) is 71.4 cm³/mol. The molecule has 2 aromatic rings. The first-order valence-electron chi connectivity index (χ1n) is 6.00. The highest BCUT2D eigenvalue weighted by molar-refractivity contribution is 5.36. The third-order valence-electron chi connectivity index (χ3n) is 3.09. The lowest BCUT2D eigenvalue weighted by molar-refractivity contribution is 0.590. The van der Waals surface area contributed by atoms with Crippen molar-refractivity contribution in [1.29, 1.82) is 0 Å². The van der Waals surface area contributed by atoms with Crippen molar-refractivity contribution in [3.05, 3.63) is 70.3 Å². The number of hydrogen-bond donors (Lipinski definition) is 2. The lowest BCUT2D eigenvalue weighted by Gasteiger charge is -2.18. The Bertz CT molecular complexity index is 576. The lowest BCUT2D eigenvalue weighted by Crippen LogP contribution is -2.29. The second-order valence-electron chi connectivity index (χ2n) is 4.67. The van der Waals surface area contributed by atoms with Crippen LogP contribution in [0.4, 0.5) is 8.78 Å². The number of rotatable bonds is 3. The Kier molecular flexibility index (Phi) is 3.93. The number of benzene rings is 2. The zero-order valence-electron chi connectivity index (χ0n) is 10.9. The molecule has 0 saturated heterocycles. The molecule has 0 spiro atoms. The van der Waals surface area contributed by atoms with Gasteiger partial charge in [-0.15, -0.1) is 0 Å². The minimum Gasteiger partial charge on any atom is -0.271 e. The van der Waals surface area contributed by atoms with Gasteiger partial charge in [-0.1, -0.05) is 18.2 Å². The summed E-state index contributed by atoms with van der Waals surface area (Å²) < 4.78 is 27.0. The summed E-state index contributed by atoms with van der Waals surface area (Å²) in [4.78, 5) is 0. The molecule has 0 fully saturated rings. The van der Waals surface area contributed by atoms with Crippen LogP contribution < -0.4 is 11.3 Å². The number of aryl methyl sites for hydroxylation is 2. The molecular formula is C15H16F2N2. The molecule has 0 aliphatic heterocycles. The van der Waals surface area contributed by atoms with Crippen molar-refractivity contribution in [3.8, 4) is 0 Å². The Hall–Kier alpha value is -1.78. The van der Waals surface area contributed by atoms with E-state index in [0.29, 0.717) is 16.7 Å². The van der Waals surface area contributed by atoms with Gasteiger partial charge >= 0.3 is 0 Å². The average molecular weight is 262 g/mol. The highest BCUT2D eigenvalue weighted by Crippen LogP contribution is 2.24. The largest absolute Gasteiger partial charge is 0.271 e. The maximum atomic E-state index is 13.6. The fraction of sp³-hybridized carbons (Fsp3) is 0.200. The summed E-state index contributed by atoms with van der Waals surface area (Å²) in [5, 5.41) is 0. The van der Waals surface area contributed by atoms with E-state index in [1.54, 1.807) is 26.0 Å². The zero-order valence-corrected chi connectivity index (χ0v) is 10.9. The molecule has 2 aromatic carbocycles. The van der Waals surface area contributed by atoms with Crippen molar-refractivity contribution in [2.45, 2.75) is 19.9 Å². The highest BCUT2D eigenvalue weighted by atomic mass is 19.1.